The Kier molecular flexibility index (Phi) is 3.75. The summed E-state index contributed by atoms with van der Waals surface area (Å²) in [7, 11) is 0. The molecule has 16 heavy (non-hydrogen) atoms. The summed E-state index contributed by atoms with van der Waals surface area (Å²) in [5, 5.41) is 3.02. The number of carbonyl (C=O) groups excluding carboxylic acids is 1. The molecule has 2 aliphatic rings. The second-order valence-corrected chi connectivity index (χ2v) is 5.59. The molecule has 0 aromatic carbocycles. The molecule has 2 atom stereocenters. The number of rotatable bonds is 5. The maximum atomic E-state index is 11.9. The highest BCUT2D eigenvalue weighted by atomic mass is 35.5. The van der Waals surface area contributed by atoms with E-state index in [0.29, 0.717) is 23.8 Å². The number of ether oxygens (including phenoxy) is 1. The maximum absolute atomic E-state index is 11.9. The van der Waals surface area contributed by atoms with Gasteiger partial charge in [-0.1, -0.05) is 6.92 Å². The van der Waals surface area contributed by atoms with E-state index < -0.39 is 0 Å². The van der Waals surface area contributed by atoms with Crippen LogP contribution in [-0.2, 0) is 9.53 Å². The lowest BCUT2D eigenvalue weighted by Crippen LogP contribution is -2.40. The molecule has 1 N–H and O–H groups in total. The van der Waals surface area contributed by atoms with E-state index in [9.17, 15) is 4.79 Å². The van der Waals surface area contributed by atoms with Crippen molar-refractivity contribution in [2.75, 3.05) is 19.0 Å². The van der Waals surface area contributed by atoms with E-state index in [-0.39, 0.29) is 12.0 Å². The summed E-state index contributed by atoms with van der Waals surface area (Å²) < 4.78 is 5.43. The van der Waals surface area contributed by atoms with E-state index in [1.165, 1.54) is 12.8 Å². The first-order chi connectivity index (χ1) is 7.67. The summed E-state index contributed by atoms with van der Waals surface area (Å²) in [5.74, 6) is 1.10. The monoisotopic (exact) mass is 245 g/mol. The lowest BCUT2D eigenvalue weighted by Gasteiger charge is -2.18. The standard InChI is InChI=1S/C12H20ClNO2/c1-9-2-7-16-10(9)11(15)14-8-12(3-4-12)5-6-13/h9-10H,2-8H2,1H3,(H,14,15). The van der Waals surface area contributed by atoms with Crippen molar-refractivity contribution in [2.45, 2.75) is 38.7 Å². The van der Waals surface area contributed by atoms with Crippen LogP contribution in [0.25, 0.3) is 0 Å². The maximum Gasteiger partial charge on any atom is 0.249 e. The van der Waals surface area contributed by atoms with Gasteiger partial charge in [0.1, 0.15) is 6.10 Å². The molecule has 1 aliphatic carbocycles. The van der Waals surface area contributed by atoms with Gasteiger partial charge in [-0.15, -0.1) is 11.6 Å². The van der Waals surface area contributed by atoms with Crippen molar-refractivity contribution in [2.24, 2.45) is 11.3 Å². The molecule has 4 heteroatoms. The van der Waals surface area contributed by atoms with E-state index in [4.69, 9.17) is 16.3 Å². The van der Waals surface area contributed by atoms with Gasteiger partial charge in [0.05, 0.1) is 0 Å². The molecule has 0 spiro atoms. The number of halogens is 1. The Hall–Kier alpha value is -0.280. The lowest BCUT2D eigenvalue weighted by atomic mass is 10.0. The van der Waals surface area contributed by atoms with Crippen molar-refractivity contribution < 1.29 is 9.53 Å². The molecule has 2 unspecified atom stereocenters. The van der Waals surface area contributed by atoms with Crippen molar-refractivity contribution >= 4 is 17.5 Å². The average molecular weight is 246 g/mol. The summed E-state index contributed by atoms with van der Waals surface area (Å²) in [6.07, 6.45) is 4.16. The Labute approximate surface area is 102 Å². The topological polar surface area (TPSA) is 38.3 Å². The zero-order valence-electron chi connectivity index (χ0n) is 9.80. The molecule has 0 aromatic rings. The minimum atomic E-state index is -0.230. The van der Waals surface area contributed by atoms with E-state index in [1.807, 2.05) is 0 Å². The van der Waals surface area contributed by atoms with Crippen LogP contribution >= 0.6 is 11.6 Å². The highest BCUT2D eigenvalue weighted by molar-refractivity contribution is 6.17. The zero-order chi connectivity index (χ0) is 11.6. The molecule has 1 aliphatic heterocycles. The van der Waals surface area contributed by atoms with E-state index in [0.717, 1.165) is 19.4 Å². The second kappa shape index (κ2) is 4.92. The van der Waals surface area contributed by atoms with Gasteiger partial charge < -0.3 is 10.1 Å². The van der Waals surface area contributed by atoms with Gasteiger partial charge in [-0.05, 0) is 37.0 Å². The van der Waals surface area contributed by atoms with Gasteiger partial charge in [0, 0.05) is 19.0 Å². The Morgan fingerprint density at radius 3 is 2.81 bits per heavy atom. The fraction of sp³-hybridized carbons (Fsp3) is 0.917. The smallest absolute Gasteiger partial charge is 0.249 e. The highest BCUT2D eigenvalue weighted by Gasteiger charge is 2.42. The molecule has 92 valence electrons. The molecule has 3 nitrogen and oxygen atoms in total. The molecule has 1 saturated carbocycles. The molecular weight excluding hydrogens is 226 g/mol. The molecule has 2 rings (SSSR count). The van der Waals surface area contributed by atoms with Crippen LogP contribution in [0.1, 0.15) is 32.6 Å². The lowest BCUT2D eigenvalue weighted by molar-refractivity contribution is -0.131. The van der Waals surface area contributed by atoms with Crippen LogP contribution in [0, 0.1) is 11.3 Å². The van der Waals surface area contributed by atoms with E-state index >= 15 is 0 Å². The Bertz CT molecular complexity index is 266. The second-order valence-electron chi connectivity index (χ2n) is 5.21. The molecule has 0 radical (unpaired) electrons. The number of alkyl halides is 1. The van der Waals surface area contributed by atoms with Gasteiger partial charge in [-0.2, -0.15) is 0 Å². The van der Waals surface area contributed by atoms with Crippen LogP contribution in [0.2, 0.25) is 0 Å². The fourth-order valence-electron chi connectivity index (χ4n) is 2.30. The fourth-order valence-corrected chi connectivity index (χ4v) is 2.70. The van der Waals surface area contributed by atoms with Crippen LogP contribution in [0.3, 0.4) is 0 Å². The SMILES string of the molecule is CC1CCOC1C(=O)NCC1(CCCl)CC1. The van der Waals surface area contributed by atoms with E-state index in [1.54, 1.807) is 0 Å². The third-order valence-corrected chi connectivity index (χ3v) is 4.05. The first-order valence-electron chi connectivity index (χ1n) is 6.12. The molecular formula is C12H20ClNO2. The minimum absolute atomic E-state index is 0.0610. The summed E-state index contributed by atoms with van der Waals surface area (Å²) in [5.41, 5.74) is 0.305. The summed E-state index contributed by atoms with van der Waals surface area (Å²) in [6, 6.07) is 0. The third-order valence-electron chi connectivity index (χ3n) is 3.87. The Morgan fingerprint density at radius 1 is 1.56 bits per heavy atom. The quantitative estimate of drug-likeness (QED) is 0.752. The molecule has 0 aromatic heterocycles. The number of hydrogen-bond donors (Lipinski definition) is 1. The first kappa shape index (κ1) is 12.2. The van der Waals surface area contributed by atoms with Gasteiger partial charge in [0.15, 0.2) is 0 Å². The van der Waals surface area contributed by atoms with Gasteiger partial charge in [0.2, 0.25) is 5.91 Å². The molecule has 1 amide bonds. The third kappa shape index (κ3) is 2.69. The summed E-state index contributed by atoms with van der Waals surface area (Å²) in [6.45, 7) is 3.56. The minimum Gasteiger partial charge on any atom is -0.368 e. The Morgan fingerprint density at radius 2 is 2.31 bits per heavy atom. The van der Waals surface area contributed by atoms with Crippen LogP contribution in [-0.4, -0.2) is 31.0 Å². The summed E-state index contributed by atoms with van der Waals surface area (Å²) in [4.78, 5) is 11.9. The Balaban J connectivity index is 1.75. The first-order valence-corrected chi connectivity index (χ1v) is 6.66. The highest BCUT2D eigenvalue weighted by Crippen LogP contribution is 2.48. The molecule has 2 fully saturated rings. The van der Waals surface area contributed by atoms with E-state index in [2.05, 4.69) is 12.2 Å². The molecule has 0 bridgehead atoms. The van der Waals surface area contributed by atoms with Crippen molar-refractivity contribution in [3.05, 3.63) is 0 Å². The van der Waals surface area contributed by atoms with Crippen molar-refractivity contribution in [1.82, 2.24) is 5.32 Å². The molecule has 1 heterocycles. The number of amides is 1. The average Bonchev–Trinajstić information content (AvgIpc) is 2.89. The predicted molar refractivity (Wildman–Crippen MR) is 63.5 cm³/mol. The largest absolute Gasteiger partial charge is 0.368 e. The zero-order valence-corrected chi connectivity index (χ0v) is 10.6. The number of hydrogen-bond acceptors (Lipinski definition) is 2. The van der Waals surface area contributed by atoms with Crippen LogP contribution < -0.4 is 5.32 Å². The van der Waals surface area contributed by atoms with Crippen LogP contribution in [0.5, 0.6) is 0 Å². The van der Waals surface area contributed by atoms with Crippen molar-refractivity contribution in [3.8, 4) is 0 Å². The van der Waals surface area contributed by atoms with Gasteiger partial charge >= 0.3 is 0 Å². The van der Waals surface area contributed by atoms with Gasteiger partial charge in [-0.25, -0.2) is 0 Å². The van der Waals surface area contributed by atoms with Gasteiger partial charge in [0.25, 0.3) is 0 Å². The van der Waals surface area contributed by atoms with Crippen LogP contribution in [0.15, 0.2) is 0 Å². The normalized spacial score (nSPS) is 31.4. The van der Waals surface area contributed by atoms with Crippen molar-refractivity contribution in [1.29, 1.82) is 0 Å². The summed E-state index contributed by atoms with van der Waals surface area (Å²) >= 11 is 5.75. The van der Waals surface area contributed by atoms with Crippen molar-refractivity contribution in [3.63, 3.8) is 0 Å². The van der Waals surface area contributed by atoms with Gasteiger partial charge in [-0.3, -0.25) is 4.79 Å². The van der Waals surface area contributed by atoms with Crippen LogP contribution in [0.4, 0.5) is 0 Å². The number of carbonyl (C=O) groups is 1. The number of nitrogens with one attached hydrogen (secondary N) is 1. The predicted octanol–water partition coefficient (Wildman–Crippen LogP) is 1.94. The molecule has 1 saturated heterocycles.